The Hall–Kier alpha value is -1.64. The number of epoxide rings is 1. The molecule has 1 aliphatic heterocycles. The molecular formula is C16H13ClO2. The number of carbonyl (C=O) groups is 1. The predicted molar refractivity (Wildman–Crippen MR) is 74.3 cm³/mol. The summed E-state index contributed by atoms with van der Waals surface area (Å²) < 4.78 is 5.74. The van der Waals surface area contributed by atoms with Gasteiger partial charge in [-0.05, 0) is 35.7 Å². The van der Waals surface area contributed by atoms with E-state index in [2.05, 4.69) is 0 Å². The molecule has 1 saturated heterocycles. The van der Waals surface area contributed by atoms with Crippen LogP contribution in [0.15, 0.2) is 48.5 Å². The number of benzene rings is 2. The molecule has 2 aromatic carbocycles. The van der Waals surface area contributed by atoms with Crippen LogP contribution in [0.3, 0.4) is 0 Å². The maximum absolute atomic E-state index is 11.2. The van der Waals surface area contributed by atoms with Crippen LogP contribution in [0.25, 0.3) is 0 Å². The van der Waals surface area contributed by atoms with Crippen molar-refractivity contribution >= 4 is 17.9 Å². The molecule has 1 heterocycles. The average Bonchev–Trinajstić information content (AvgIpc) is 3.15. The fourth-order valence-electron chi connectivity index (χ4n) is 2.60. The van der Waals surface area contributed by atoms with Gasteiger partial charge in [0.25, 0.3) is 0 Å². The summed E-state index contributed by atoms with van der Waals surface area (Å²) in [4.78, 5) is 11.2. The third-order valence-corrected chi connectivity index (χ3v) is 3.81. The molecule has 0 N–H and O–H groups in total. The fourth-order valence-corrected chi connectivity index (χ4v) is 2.79. The fraction of sp³-hybridized carbons (Fsp3) is 0.188. The van der Waals surface area contributed by atoms with Crippen LogP contribution in [0.4, 0.5) is 0 Å². The number of aldehydes is 1. The minimum atomic E-state index is -0.669. The highest BCUT2D eigenvalue weighted by Crippen LogP contribution is 2.52. The minimum Gasteiger partial charge on any atom is -0.348 e. The molecule has 0 aliphatic carbocycles. The monoisotopic (exact) mass is 272 g/mol. The van der Waals surface area contributed by atoms with Crippen molar-refractivity contribution in [2.45, 2.75) is 18.6 Å². The Labute approximate surface area is 117 Å². The highest BCUT2D eigenvalue weighted by atomic mass is 35.5. The lowest BCUT2D eigenvalue weighted by Gasteiger charge is -2.16. The van der Waals surface area contributed by atoms with Crippen LogP contribution in [0.2, 0.25) is 5.02 Å². The molecule has 96 valence electrons. The molecule has 0 bridgehead atoms. The molecule has 19 heavy (non-hydrogen) atoms. The van der Waals surface area contributed by atoms with Crippen molar-refractivity contribution in [1.29, 1.82) is 0 Å². The van der Waals surface area contributed by atoms with Gasteiger partial charge in [-0.15, -0.1) is 0 Å². The number of aryl methyl sites for hydroxylation is 1. The number of rotatable bonds is 3. The van der Waals surface area contributed by atoms with Gasteiger partial charge in [0.1, 0.15) is 0 Å². The Balaban J connectivity index is 2.17. The molecule has 2 aromatic rings. The Morgan fingerprint density at radius 3 is 2.63 bits per heavy atom. The number of hydrogen-bond acceptors (Lipinski definition) is 2. The standard InChI is InChI=1S/C16H13ClO2/c1-11-5-2-3-8-14(11)16(15(10-18)19-16)12-6-4-7-13(17)9-12/h2-10,15H,1H3. The van der Waals surface area contributed by atoms with E-state index in [1.54, 1.807) is 0 Å². The summed E-state index contributed by atoms with van der Waals surface area (Å²) in [6.45, 7) is 2.02. The van der Waals surface area contributed by atoms with Gasteiger partial charge in [-0.1, -0.05) is 48.0 Å². The second kappa shape index (κ2) is 4.48. The van der Waals surface area contributed by atoms with Gasteiger partial charge in [-0.25, -0.2) is 0 Å². The van der Waals surface area contributed by atoms with Crippen LogP contribution in [-0.4, -0.2) is 12.4 Å². The van der Waals surface area contributed by atoms with Gasteiger partial charge < -0.3 is 9.53 Å². The first-order chi connectivity index (χ1) is 9.18. The zero-order valence-corrected chi connectivity index (χ0v) is 11.2. The van der Waals surface area contributed by atoms with E-state index in [0.717, 1.165) is 23.0 Å². The van der Waals surface area contributed by atoms with Crippen LogP contribution < -0.4 is 0 Å². The van der Waals surface area contributed by atoms with E-state index in [9.17, 15) is 4.79 Å². The Kier molecular flexibility index (Phi) is 2.92. The number of ether oxygens (including phenoxy) is 1. The first-order valence-corrected chi connectivity index (χ1v) is 6.51. The van der Waals surface area contributed by atoms with Crippen molar-refractivity contribution in [2.75, 3.05) is 0 Å². The zero-order valence-electron chi connectivity index (χ0n) is 10.5. The van der Waals surface area contributed by atoms with Crippen LogP contribution in [0.1, 0.15) is 16.7 Å². The highest BCUT2D eigenvalue weighted by molar-refractivity contribution is 6.30. The van der Waals surface area contributed by atoms with Crippen molar-refractivity contribution in [1.82, 2.24) is 0 Å². The van der Waals surface area contributed by atoms with Gasteiger partial charge in [0.2, 0.25) is 0 Å². The maximum atomic E-state index is 11.2. The van der Waals surface area contributed by atoms with Gasteiger partial charge in [-0.2, -0.15) is 0 Å². The molecule has 2 atom stereocenters. The molecule has 0 radical (unpaired) electrons. The van der Waals surface area contributed by atoms with E-state index in [1.165, 1.54) is 0 Å². The second-order valence-electron chi connectivity index (χ2n) is 4.74. The lowest BCUT2D eigenvalue weighted by molar-refractivity contribution is -0.108. The van der Waals surface area contributed by atoms with Gasteiger partial charge in [0.05, 0.1) is 0 Å². The summed E-state index contributed by atoms with van der Waals surface area (Å²) in [6, 6.07) is 15.4. The molecule has 2 unspecified atom stereocenters. The van der Waals surface area contributed by atoms with Crippen LogP contribution in [0.5, 0.6) is 0 Å². The van der Waals surface area contributed by atoms with Gasteiger partial charge in [0, 0.05) is 5.02 Å². The Morgan fingerprint density at radius 1 is 1.21 bits per heavy atom. The molecule has 3 rings (SSSR count). The molecule has 1 aliphatic rings. The Morgan fingerprint density at radius 2 is 2.00 bits per heavy atom. The van der Waals surface area contributed by atoms with Gasteiger partial charge >= 0.3 is 0 Å². The first-order valence-electron chi connectivity index (χ1n) is 6.14. The summed E-state index contributed by atoms with van der Waals surface area (Å²) in [6.07, 6.45) is 0.417. The number of hydrogen-bond donors (Lipinski definition) is 0. The summed E-state index contributed by atoms with van der Waals surface area (Å²) in [5, 5.41) is 0.644. The molecular weight excluding hydrogens is 260 g/mol. The van der Waals surface area contributed by atoms with E-state index in [-0.39, 0.29) is 0 Å². The number of carbonyl (C=O) groups excluding carboxylic acids is 1. The maximum Gasteiger partial charge on any atom is 0.152 e. The van der Waals surface area contributed by atoms with Gasteiger partial charge in [-0.3, -0.25) is 0 Å². The van der Waals surface area contributed by atoms with Crippen LogP contribution in [0, 0.1) is 6.92 Å². The normalized spacial score (nSPS) is 25.1. The van der Waals surface area contributed by atoms with E-state index in [4.69, 9.17) is 16.3 Å². The summed E-state index contributed by atoms with van der Waals surface area (Å²) in [5.74, 6) is 0. The van der Waals surface area contributed by atoms with Crippen LogP contribution in [-0.2, 0) is 15.1 Å². The van der Waals surface area contributed by atoms with Crippen molar-refractivity contribution < 1.29 is 9.53 Å². The third-order valence-electron chi connectivity index (χ3n) is 3.58. The van der Waals surface area contributed by atoms with E-state index >= 15 is 0 Å². The SMILES string of the molecule is Cc1ccccc1C1(c2cccc(Cl)c2)OC1C=O. The van der Waals surface area contributed by atoms with Crippen LogP contribution >= 0.6 is 11.6 Å². The minimum absolute atomic E-state index is 0.438. The smallest absolute Gasteiger partial charge is 0.152 e. The molecule has 0 saturated carbocycles. The van der Waals surface area contributed by atoms with Gasteiger partial charge in [0.15, 0.2) is 18.0 Å². The lowest BCUT2D eigenvalue weighted by atomic mass is 9.86. The van der Waals surface area contributed by atoms with Crippen molar-refractivity contribution in [3.8, 4) is 0 Å². The van der Waals surface area contributed by atoms with E-state index in [0.29, 0.717) is 5.02 Å². The Bertz CT molecular complexity index is 638. The molecule has 3 heteroatoms. The largest absolute Gasteiger partial charge is 0.348 e. The summed E-state index contributed by atoms with van der Waals surface area (Å²) in [7, 11) is 0. The summed E-state index contributed by atoms with van der Waals surface area (Å²) in [5.41, 5.74) is 2.38. The topological polar surface area (TPSA) is 29.6 Å². The molecule has 0 spiro atoms. The van der Waals surface area contributed by atoms with Crippen molar-refractivity contribution in [3.05, 3.63) is 70.2 Å². The third kappa shape index (κ3) is 1.88. The average molecular weight is 273 g/mol. The van der Waals surface area contributed by atoms with E-state index < -0.39 is 11.7 Å². The molecule has 0 aromatic heterocycles. The zero-order chi connectivity index (χ0) is 13.5. The first kappa shape index (κ1) is 12.4. The predicted octanol–water partition coefficient (Wildman–Crippen LogP) is 3.49. The number of halogens is 1. The highest BCUT2D eigenvalue weighted by Gasteiger charge is 2.59. The second-order valence-corrected chi connectivity index (χ2v) is 5.17. The summed E-state index contributed by atoms with van der Waals surface area (Å²) >= 11 is 6.05. The van der Waals surface area contributed by atoms with E-state index in [1.807, 2.05) is 55.5 Å². The van der Waals surface area contributed by atoms with Crippen molar-refractivity contribution in [2.24, 2.45) is 0 Å². The quantitative estimate of drug-likeness (QED) is 0.632. The van der Waals surface area contributed by atoms with Crippen molar-refractivity contribution in [3.63, 3.8) is 0 Å². The molecule has 1 fully saturated rings. The molecule has 2 nitrogen and oxygen atoms in total. The lowest BCUT2D eigenvalue weighted by Crippen LogP contribution is -2.17. The molecule has 0 amide bonds.